The van der Waals surface area contributed by atoms with E-state index in [1.165, 1.54) is 0 Å². The summed E-state index contributed by atoms with van der Waals surface area (Å²) in [7, 11) is 0. The first-order valence-electron chi connectivity index (χ1n) is 36.1. The Kier molecular flexibility index (Phi) is 16.4. The molecule has 12 heteroatoms. The average Bonchev–Trinajstić information content (AvgIpc) is 1.58. The van der Waals surface area contributed by atoms with Crippen molar-refractivity contribution in [1.82, 2.24) is 39.9 Å². The monoisotopic (exact) mass is 1400 g/mol. The maximum Gasteiger partial charge on any atom is 0.343 e. The molecule has 0 saturated heterocycles. The molecule has 18 rings (SSSR count). The van der Waals surface area contributed by atoms with E-state index in [4.69, 9.17) is 24.7 Å². The molecule has 0 radical (unpaired) electrons. The van der Waals surface area contributed by atoms with Gasteiger partial charge in [-0.1, -0.05) is 163 Å². The van der Waals surface area contributed by atoms with E-state index in [9.17, 15) is 14.7 Å². The van der Waals surface area contributed by atoms with Gasteiger partial charge < -0.3 is 29.8 Å². The number of aromatic nitrogens is 8. The summed E-state index contributed by atoms with van der Waals surface area (Å²) in [5.41, 5.74) is 35.1. The minimum atomic E-state index is -0.999. The number of nitrogens with one attached hydrogen (secondary N) is 4. The molecule has 4 aliphatic heterocycles. The molecule has 16 bridgehead atoms. The van der Waals surface area contributed by atoms with Crippen molar-refractivity contribution in [3.63, 3.8) is 0 Å². The van der Waals surface area contributed by atoms with Crippen LogP contribution in [0.25, 0.3) is 182 Å². The number of ether oxygens (including phenoxy) is 1. The van der Waals surface area contributed by atoms with Crippen LogP contribution in [0.1, 0.15) is 99.6 Å². The number of carboxylic acids is 1. The number of benzene rings is 8. The van der Waals surface area contributed by atoms with E-state index in [1.54, 1.807) is 12.1 Å². The van der Waals surface area contributed by atoms with Gasteiger partial charge in [0, 0.05) is 88.6 Å². The molecule has 0 saturated carbocycles. The summed E-state index contributed by atoms with van der Waals surface area (Å²) in [6.07, 6.45) is 16.7. The highest BCUT2D eigenvalue weighted by Crippen LogP contribution is 2.44. The van der Waals surface area contributed by atoms with Gasteiger partial charge in [-0.3, -0.25) is 0 Å². The summed E-state index contributed by atoms with van der Waals surface area (Å²) in [6, 6.07) is 79.1. The molecule has 5 N–H and O–H groups in total. The van der Waals surface area contributed by atoms with Crippen LogP contribution < -0.4 is 4.74 Å². The number of aromatic amines is 4. The van der Waals surface area contributed by atoms with Crippen molar-refractivity contribution < 1.29 is 19.4 Å². The van der Waals surface area contributed by atoms with Crippen molar-refractivity contribution >= 4 is 105 Å². The molecule has 0 aliphatic carbocycles. The number of carbonyl (C=O) groups excluding carboxylic acids is 1. The van der Waals surface area contributed by atoms with Gasteiger partial charge in [-0.25, -0.2) is 29.5 Å². The fourth-order valence-corrected chi connectivity index (χ4v) is 16.1. The minimum absolute atomic E-state index is 0.191. The molecule has 4 aliphatic rings. The third-order valence-electron chi connectivity index (χ3n) is 20.7. The number of carboxylic acid groups (broad SMARTS) is 1. The van der Waals surface area contributed by atoms with Gasteiger partial charge in [0.25, 0.3) is 0 Å². The molecule has 8 aromatic carbocycles. The van der Waals surface area contributed by atoms with Crippen LogP contribution in [0.4, 0.5) is 0 Å². The summed E-state index contributed by atoms with van der Waals surface area (Å²) in [4.78, 5) is 64.4. The predicted molar refractivity (Wildman–Crippen MR) is 442 cm³/mol. The quantitative estimate of drug-likeness (QED) is 0.0627. The van der Waals surface area contributed by atoms with Crippen LogP contribution in [0.2, 0.25) is 0 Å². The Labute approximate surface area is 623 Å². The van der Waals surface area contributed by atoms with Crippen molar-refractivity contribution in [3.05, 3.63) is 327 Å². The number of aromatic carboxylic acids is 1. The van der Waals surface area contributed by atoms with E-state index in [0.717, 1.165) is 201 Å². The van der Waals surface area contributed by atoms with E-state index in [-0.39, 0.29) is 5.56 Å². The standard InChI is InChI=1S/C96H70N8O4/c1-54-50-56(3)85(57(4)51-54)93-81-46-42-77(101-81)90(63-22-26-66(27-23-63)95(105)106)78-43-47-82(102-78)94(86-58(5)52-55(2)53-59(86)6)84-49-45-80(104-84)91(79-44-48-83(93)103-79)64-24-28-67(29-25-64)96(107)108-68-32-30-65(31-33-68)92-75-40-38-73(99-75)88(61-18-12-8-13-19-61)71-36-34-69(97-71)87(60-16-10-7-11-17-60)70-35-37-72(98-70)89(62-20-14-9-15-21-62)74-39-41-76(92)100-74/h7-53,97,100-101,104H,1-6H3,(H,105,106). The molecule has 10 heterocycles. The zero-order valence-electron chi connectivity index (χ0n) is 60.1. The van der Waals surface area contributed by atoms with E-state index in [1.807, 2.05) is 84.9 Å². The van der Waals surface area contributed by atoms with Crippen molar-refractivity contribution in [2.24, 2.45) is 0 Å². The highest BCUT2D eigenvalue weighted by Gasteiger charge is 2.25. The molecule has 14 aromatic rings. The van der Waals surface area contributed by atoms with Gasteiger partial charge in [0.1, 0.15) is 5.75 Å². The normalized spacial score (nSPS) is 12.1. The van der Waals surface area contributed by atoms with Gasteiger partial charge in [0.2, 0.25) is 0 Å². The molecule has 6 aromatic heterocycles. The van der Waals surface area contributed by atoms with Gasteiger partial charge >= 0.3 is 11.9 Å². The number of nitrogens with zero attached hydrogens (tertiary/aromatic N) is 4. The number of hydrogen-bond donors (Lipinski definition) is 5. The van der Waals surface area contributed by atoms with Crippen LogP contribution in [0, 0.1) is 41.5 Å². The van der Waals surface area contributed by atoms with E-state index in [0.29, 0.717) is 22.7 Å². The second-order valence-corrected chi connectivity index (χ2v) is 28.0. The summed E-state index contributed by atoms with van der Waals surface area (Å²) in [5.74, 6) is -1.14. The van der Waals surface area contributed by atoms with Crippen LogP contribution >= 0.6 is 0 Å². The molecular weight excluding hydrogens is 1330 g/mol. The number of aryl methyl sites for hydroxylation is 6. The number of hydrogen-bond acceptors (Lipinski definition) is 7. The number of esters is 1. The summed E-state index contributed by atoms with van der Waals surface area (Å²) in [5, 5.41) is 9.99. The maximum absolute atomic E-state index is 14.6. The molecule has 0 atom stereocenters. The Morgan fingerprint density at radius 3 is 0.769 bits per heavy atom. The molecule has 0 amide bonds. The Balaban J connectivity index is 0.762. The molecule has 0 fully saturated rings. The van der Waals surface area contributed by atoms with E-state index in [2.05, 4.69) is 250 Å². The zero-order valence-corrected chi connectivity index (χ0v) is 60.1. The zero-order chi connectivity index (χ0) is 73.4. The van der Waals surface area contributed by atoms with Gasteiger partial charge in [0.15, 0.2) is 0 Å². The molecular formula is C96H70N8O4. The van der Waals surface area contributed by atoms with Crippen LogP contribution in [0.3, 0.4) is 0 Å². The van der Waals surface area contributed by atoms with E-state index >= 15 is 0 Å². The highest BCUT2D eigenvalue weighted by atomic mass is 16.5. The number of carbonyl (C=O) groups is 2. The van der Waals surface area contributed by atoms with Crippen LogP contribution in [0.5, 0.6) is 5.75 Å². The lowest BCUT2D eigenvalue weighted by atomic mass is 9.92. The molecule has 108 heavy (non-hydrogen) atoms. The number of rotatable bonds is 11. The summed E-state index contributed by atoms with van der Waals surface area (Å²) < 4.78 is 6.29. The lowest BCUT2D eigenvalue weighted by Gasteiger charge is -2.13. The van der Waals surface area contributed by atoms with Crippen LogP contribution in [-0.4, -0.2) is 56.9 Å². The third kappa shape index (κ3) is 12.0. The largest absolute Gasteiger partial charge is 0.478 e. The fraction of sp³-hybridized carbons (Fsp3) is 0.0625. The van der Waals surface area contributed by atoms with E-state index < -0.39 is 11.9 Å². The van der Waals surface area contributed by atoms with Crippen LogP contribution in [-0.2, 0) is 0 Å². The van der Waals surface area contributed by atoms with Gasteiger partial charge in [-0.2, -0.15) is 0 Å². The molecule has 12 nitrogen and oxygen atoms in total. The Morgan fingerprint density at radius 1 is 0.269 bits per heavy atom. The fourth-order valence-electron chi connectivity index (χ4n) is 16.1. The Bertz CT molecular complexity index is 6450. The number of H-pyrrole nitrogens is 4. The second kappa shape index (κ2) is 26.9. The first-order valence-corrected chi connectivity index (χ1v) is 36.1. The number of fused-ring (bicyclic) bond motifs is 16. The molecule has 0 unspecified atom stereocenters. The van der Waals surface area contributed by atoms with Gasteiger partial charge in [-0.15, -0.1) is 0 Å². The highest BCUT2D eigenvalue weighted by molar-refractivity contribution is 6.04. The SMILES string of the molecule is Cc1cc(C)c(-c2c3nc(c(-c4ccc(C(=O)Oc5ccc(-c6c7nc(c(-c8ccccc8)c8ccc([nH]8)c(-c8ccccc8)c8nc(c(-c9ccccc9)c9ccc6[nH]9)C=C8)C=C7)cc5)cc4)c4ccc([nH]4)c(-c4c(C)cc(C)cc4C)c4nc(c(-c5ccc(C(=O)O)cc5)c5ccc2[nH]5)C=C4)C=C3)c(C)c1. The predicted octanol–water partition coefficient (Wildman–Crippen LogP) is 23.7. The van der Waals surface area contributed by atoms with Crippen molar-refractivity contribution in [2.45, 2.75) is 41.5 Å². The first-order chi connectivity index (χ1) is 52.7. The Morgan fingerprint density at radius 2 is 0.500 bits per heavy atom. The van der Waals surface area contributed by atoms with Gasteiger partial charge in [-0.05, 0) is 242 Å². The Hall–Kier alpha value is -14.1. The van der Waals surface area contributed by atoms with Crippen LogP contribution in [0.15, 0.2) is 237 Å². The van der Waals surface area contributed by atoms with Gasteiger partial charge in [0.05, 0.1) is 56.7 Å². The lowest BCUT2D eigenvalue weighted by Crippen LogP contribution is -2.08. The molecule has 0 spiro atoms. The first kappa shape index (κ1) is 65.9. The van der Waals surface area contributed by atoms with Crippen molar-refractivity contribution in [1.29, 1.82) is 0 Å². The van der Waals surface area contributed by atoms with Crippen molar-refractivity contribution in [2.75, 3.05) is 0 Å². The minimum Gasteiger partial charge on any atom is -0.478 e. The summed E-state index contributed by atoms with van der Waals surface area (Å²) >= 11 is 0. The summed E-state index contributed by atoms with van der Waals surface area (Å²) in [6.45, 7) is 12.8. The maximum atomic E-state index is 14.6. The molecule has 518 valence electrons. The second-order valence-electron chi connectivity index (χ2n) is 28.0. The van der Waals surface area contributed by atoms with Crippen molar-refractivity contribution in [3.8, 4) is 94.8 Å². The average molecular weight is 1400 g/mol. The smallest absolute Gasteiger partial charge is 0.343 e. The third-order valence-corrected chi connectivity index (χ3v) is 20.7. The lowest BCUT2D eigenvalue weighted by molar-refractivity contribution is 0.0694. The topological polar surface area (TPSA) is 178 Å².